The molecule has 1 amide bonds. The number of nitrogens with zero attached hydrogens (tertiary/aromatic N) is 4. The lowest BCUT2D eigenvalue weighted by Gasteiger charge is -2.15. The fraction of sp³-hybridized carbons (Fsp3) is 0.200. The number of aromatic nitrogens is 4. The molecular weight excluding hydrogens is 461 g/mol. The fourth-order valence-electron chi connectivity index (χ4n) is 2.70. The first kappa shape index (κ1) is 23.2. The van der Waals surface area contributed by atoms with Crippen LogP contribution in [0.25, 0.3) is 11.4 Å². The number of rotatable bonds is 9. The van der Waals surface area contributed by atoms with Crippen molar-refractivity contribution in [3.8, 4) is 11.4 Å². The number of hydrogen-bond acceptors (Lipinski definition) is 7. The molecule has 3 rings (SSSR count). The van der Waals surface area contributed by atoms with Gasteiger partial charge < -0.3 is 15.2 Å². The molecule has 0 bridgehead atoms. The number of Topliss-reactive ketones (excluding diaryl/α,β-unsaturated/α-hetero) is 1. The Morgan fingerprint density at radius 3 is 2.41 bits per heavy atom. The van der Waals surface area contributed by atoms with Gasteiger partial charge in [-0.1, -0.05) is 59.6 Å². The smallest absolute Gasteiger partial charge is 0.408 e. The lowest BCUT2D eigenvalue weighted by molar-refractivity contribution is -0.139. The molecule has 1 heterocycles. The Labute approximate surface area is 192 Å². The lowest BCUT2D eigenvalue weighted by atomic mass is 10.1. The molecule has 0 aliphatic carbocycles. The summed E-state index contributed by atoms with van der Waals surface area (Å²) in [6, 6.07) is 12.4. The van der Waals surface area contributed by atoms with Crippen molar-refractivity contribution in [3.63, 3.8) is 0 Å². The van der Waals surface area contributed by atoms with E-state index in [4.69, 9.17) is 33.0 Å². The van der Waals surface area contributed by atoms with Crippen LogP contribution in [0, 0.1) is 0 Å². The molecule has 0 saturated heterocycles. The van der Waals surface area contributed by atoms with E-state index in [0.717, 1.165) is 10.4 Å². The van der Waals surface area contributed by atoms with Crippen molar-refractivity contribution in [2.24, 2.45) is 0 Å². The normalized spacial score (nSPS) is 11.6. The number of halogens is 2. The number of aliphatic carboxylic acids is 1. The Hall–Kier alpha value is -3.50. The predicted octanol–water partition coefficient (Wildman–Crippen LogP) is 2.99. The van der Waals surface area contributed by atoms with Crippen molar-refractivity contribution in [3.05, 3.63) is 64.1 Å². The van der Waals surface area contributed by atoms with Crippen LogP contribution in [0.1, 0.15) is 12.0 Å². The second-order valence-electron chi connectivity index (χ2n) is 6.56. The molecule has 32 heavy (non-hydrogen) atoms. The van der Waals surface area contributed by atoms with Crippen LogP contribution in [0.15, 0.2) is 48.5 Å². The first-order valence-corrected chi connectivity index (χ1v) is 10.0. The van der Waals surface area contributed by atoms with Gasteiger partial charge in [0.15, 0.2) is 5.78 Å². The van der Waals surface area contributed by atoms with Gasteiger partial charge in [0.1, 0.15) is 19.2 Å². The standard InChI is InChI=1S/C20H17Cl2N5O5/c21-13-7-4-8-14(22)18(13)19-24-26-27(25-19)10-16(28)15(9-17(29)30)23-20(31)32-11-12-5-2-1-3-6-12/h1-8,15H,9-11H2,(H,23,31)(H,29,30). The molecule has 2 N–H and O–H groups in total. The summed E-state index contributed by atoms with van der Waals surface area (Å²) in [5.41, 5.74) is 1.08. The van der Waals surface area contributed by atoms with Gasteiger partial charge in [-0.05, 0) is 22.9 Å². The molecule has 1 unspecified atom stereocenters. The number of hydrogen-bond donors (Lipinski definition) is 2. The first-order chi connectivity index (χ1) is 15.3. The van der Waals surface area contributed by atoms with Crippen LogP contribution in [0.2, 0.25) is 10.0 Å². The molecule has 0 aliphatic heterocycles. The third-order valence-corrected chi connectivity index (χ3v) is 4.84. The van der Waals surface area contributed by atoms with E-state index in [0.29, 0.717) is 15.6 Å². The maximum absolute atomic E-state index is 12.6. The number of ether oxygens (including phenoxy) is 1. The summed E-state index contributed by atoms with van der Waals surface area (Å²) < 4.78 is 5.05. The summed E-state index contributed by atoms with van der Waals surface area (Å²) in [5.74, 6) is -1.83. The average molecular weight is 478 g/mol. The van der Waals surface area contributed by atoms with Crippen molar-refractivity contribution < 1.29 is 24.2 Å². The van der Waals surface area contributed by atoms with Crippen molar-refractivity contribution in [1.29, 1.82) is 0 Å². The maximum Gasteiger partial charge on any atom is 0.408 e. The molecule has 3 aromatic rings. The molecule has 0 aliphatic rings. The third-order valence-electron chi connectivity index (χ3n) is 4.21. The molecule has 0 fully saturated rings. The second kappa shape index (κ2) is 10.7. The molecule has 10 nitrogen and oxygen atoms in total. The number of alkyl carbamates (subject to hydrolysis) is 1. The van der Waals surface area contributed by atoms with Crippen molar-refractivity contribution in [2.75, 3.05) is 0 Å². The molecule has 0 saturated carbocycles. The number of carbonyl (C=O) groups excluding carboxylic acids is 2. The van der Waals surface area contributed by atoms with Crippen LogP contribution in [-0.2, 0) is 27.5 Å². The fourth-order valence-corrected chi connectivity index (χ4v) is 3.26. The molecule has 1 aromatic heterocycles. The van der Waals surface area contributed by atoms with Gasteiger partial charge >= 0.3 is 12.1 Å². The summed E-state index contributed by atoms with van der Waals surface area (Å²) in [7, 11) is 0. The molecule has 12 heteroatoms. The number of carboxylic acids is 1. The van der Waals surface area contributed by atoms with Crippen LogP contribution >= 0.6 is 23.2 Å². The van der Waals surface area contributed by atoms with Crippen LogP contribution in [0.5, 0.6) is 0 Å². The summed E-state index contributed by atoms with van der Waals surface area (Å²) in [6.45, 7) is -0.473. The Morgan fingerprint density at radius 2 is 1.75 bits per heavy atom. The van der Waals surface area contributed by atoms with Gasteiger partial charge in [-0.25, -0.2) is 4.79 Å². The van der Waals surface area contributed by atoms with E-state index in [2.05, 4.69) is 20.7 Å². The summed E-state index contributed by atoms with van der Waals surface area (Å²) in [4.78, 5) is 36.8. The van der Waals surface area contributed by atoms with E-state index in [-0.39, 0.29) is 12.4 Å². The Kier molecular flexibility index (Phi) is 7.74. The van der Waals surface area contributed by atoms with Gasteiger partial charge in [-0.3, -0.25) is 9.59 Å². The van der Waals surface area contributed by atoms with Crippen molar-refractivity contribution in [1.82, 2.24) is 25.5 Å². The van der Waals surface area contributed by atoms with E-state index in [1.54, 1.807) is 42.5 Å². The minimum Gasteiger partial charge on any atom is -0.481 e. The van der Waals surface area contributed by atoms with Crippen molar-refractivity contribution >= 4 is 41.0 Å². The number of nitrogens with one attached hydrogen (secondary N) is 1. The largest absolute Gasteiger partial charge is 0.481 e. The van der Waals surface area contributed by atoms with E-state index in [1.807, 2.05) is 6.07 Å². The number of carbonyl (C=O) groups is 3. The summed E-state index contributed by atoms with van der Waals surface area (Å²) in [6.07, 6.45) is -1.57. The van der Waals surface area contributed by atoms with Gasteiger partial charge in [0.25, 0.3) is 0 Å². The van der Waals surface area contributed by atoms with E-state index in [9.17, 15) is 14.4 Å². The predicted molar refractivity (Wildman–Crippen MR) is 114 cm³/mol. The SMILES string of the molecule is O=C(O)CC(NC(=O)OCc1ccccc1)C(=O)Cn1nnc(-c2c(Cl)cccc2Cl)n1. The lowest BCUT2D eigenvalue weighted by Crippen LogP contribution is -2.44. The van der Waals surface area contributed by atoms with Crippen LogP contribution in [0.3, 0.4) is 0 Å². The van der Waals surface area contributed by atoms with Gasteiger partial charge in [0, 0.05) is 0 Å². The second-order valence-corrected chi connectivity index (χ2v) is 7.38. The van der Waals surface area contributed by atoms with Crippen LogP contribution in [0.4, 0.5) is 4.79 Å². The highest BCUT2D eigenvalue weighted by atomic mass is 35.5. The minimum atomic E-state index is -1.35. The molecule has 2 aromatic carbocycles. The molecule has 1 atom stereocenters. The summed E-state index contributed by atoms with van der Waals surface area (Å²) in [5, 5.41) is 23.7. The monoisotopic (exact) mass is 477 g/mol. The Morgan fingerprint density at radius 1 is 1.06 bits per heavy atom. The highest BCUT2D eigenvalue weighted by Crippen LogP contribution is 2.31. The van der Waals surface area contributed by atoms with Gasteiger partial charge in [0.05, 0.1) is 22.0 Å². The number of carboxylic acid groups (broad SMARTS) is 1. The van der Waals surface area contributed by atoms with Crippen LogP contribution in [-0.4, -0.2) is 49.2 Å². The first-order valence-electron chi connectivity index (χ1n) is 9.27. The molecule has 0 radical (unpaired) electrons. The molecule has 0 spiro atoms. The zero-order valence-corrected chi connectivity index (χ0v) is 18.0. The highest BCUT2D eigenvalue weighted by Gasteiger charge is 2.26. The third kappa shape index (κ3) is 6.25. The average Bonchev–Trinajstić information content (AvgIpc) is 3.20. The van der Waals surface area contributed by atoms with Gasteiger partial charge in [0.2, 0.25) is 5.82 Å². The highest BCUT2D eigenvalue weighted by molar-refractivity contribution is 6.38. The maximum atomic E-state index is 12.6. The zero-order chi connectivity index (χ0) is 23.1. The molecular formula is C20H17Cl2N5O5. The Balaban J connectivity index is 1.65. The van der Waals surface area contributed by atoms with Gasteiger partial charge in [-0.2, -0.15) is 4.80 Å². The minimum absolute atomic E-state index is 0.0345. The number of tetrazole rings is 1. The van der Waals surface area contributed by atoms with E-state index < -0.39 is 36.9 Å². The topological polar surface area (TPSA) is 136 Å². The Bertz CT molecular complexity index is 1100. The number of amides is 1. The van der Waals surface area contributed by atoms with E-state index >= 15 is 0 Å². The number of benzene rings is 2. The molecule has 166 valence electrons. The number of ketones is 1. The van der Waals surface area contributed by atoms with Gasteiger partial charge in [-0.15, -0.1) is 10.2 Å². The van der Waals surface area contributed by atoms with Crippen LogP contribution < -0.4 is 5.32 Å². The van der Waals surface area contributed by atoms with Crippen molar-refractivity contribution in [2.45, 2.75) is 25.6 Å². The zero-order valence-electron chi connectivity index (χ0n) is 16.4. The summed E-state index contributed by atoms with van der Waals surface area (Å²) >= 11 is 12.2. The quantitative estimate of drug-likeness (QED) is 0.479. The van der Waals surface area contributed by atoms with E-state index in [1.165, 1.54) is 0 Å².